The lowest BCUT2D eigenvalue weighted by molar-refractivity contribution is -0.116. The minimum absolute atomic E-state index is 0.108. The fourth-order valence-electron chi connectivity index (χ4n) is 1.07. The summed E-state index contributed by atoms with van der Waals surface area (Å²) < 4.78 is 0. The number of hydrogen-bond acceptors (Lipinski definition) is 2. The number of anilines is 1. The SMILES string of the molecule is CCCCC(=O)Nc1ccc[nH]c1=O. The highest BCUT2D eigenvalue weighted by molar-refractivity contribution is 5.90. The average Bonchev–Trinajstić information content (AvgIpc) is 2.18. The van der Waals surface area contributed by atoms with E-state index in [-0.39, 0.29) is 11.5 Å². The second kappa shape index (κ2) is 5.21. The number of hydrogen-bond donors (Lipinski definition) is 2. The molecule has 0 aliphatic rings. The zero-order valence-corrected chi connectivity index (χ0v) is 8.17. The standard InChI is InChI=1S/C10H14N2O2/c1-2-3-6-9(13)12-8-5-4-7-11-10(8)14/h4-5,7H,2-3,6H2,1H3,(H,11,14)(H,12,13). The number of nitrogens with one attached hydrogen (secondary N) is 2. The first-order valence-corrected chi connectivity index (χ1v) is 4.71. The third kappa shape index (κ3) is 3.05. The van der Waals surface area contributed by atoms with E-state index in [4.69, 9.17) is 0 Å². The molecule has 4 heteroatoms. The largest absolute Gasteiger partial charge is 0.327 e. The first-order chi connectivity index (χ1) is 6.74. The van der Waals surface area contributed by atoms with Crippen molar-refractivity contribution >= 4 is 11.6 Å². The smallest absolute Gasteiger partial charge is 0.271 e. The molecule has 0 unspecified atom stereocenters. The summed E-state index contributed by atoms with van der Waals surface area (Å²) in [7, 11) is 0. The maximum absolute atomic E-state index is 11.3. The van der Waals surface area contributed by atoms with Crippen LogP contribution in [0.25, 0.3) is 0 Å². The summed E-state index contributed by atoms with van der Waals surface area (Å²) in [6.07, 6.45) is 3.81. The summed E-state index contributed by atoms with van der Waals surface area (Å²) >= 11 is 0. The normalized spacial score (nSPS) is 9.79. The molecule has 1 heterocycles. The van der Waals surface area contributed by atoms with Crippen molar-refractivity contribution in [2.24, 2.45) is 0 Å². The second-order valence-electron chi connectivity index (χ2n) is 3.06. The van der Waals surface area contributed by atoms with Gasteiger partial charge in [0, 0.05) is 12.6 Å². The molecule has 0 aliphatic carbocycles. The topological polar surface area (TPSA) is 62.0 Å². The van der Waals surface area contributed by atoms with Gasteiger partial charge in [-0.3, -0.25) is 9.59 Å². The molecule has 0 bridgehead atoms. The zero-order valence-electron chi connectivity index (χ0n) is 8.17. The van der Waals surface area contributed by atoms with Crippen LogP contribution in [-0.2, 0) is 4.79 Å². The predicted octanol–water partition coefficient (Wildman–Crippen LogP) is 1.50. The van der Waals surface area contributed by atoms with E-state index in [9.17, 15) is 9.59 Å². The summed E-state index contributed by atoms with van der Waals surface area (Å²) in [6.45, 7) is 2.02. The summed E-state index contributed by atoms with van der Waals surface area (Å²) in [5, 5.41) is 2.56. The number of carbonyl (C=O) groups excluding carboxylic acids is 1. The van der Waals surface area contributed by atoms with Crippen LogP contribution >= 0.6 is 0 Å². The van der Waals surface area contributed by atoms with Crippen LogP contribution in [0.4, 0.5) is 5.69 Å². The number of carbonyl (C=O) groups is 1. The van der Waals surface area contributed by atoms with Gasteiger partial charge in [0.15, 0.2) is 0 Å². The lowest BCUT2D eigenvalue weighted by Gasteiger charge is -2.02. The molecule has 0 fully saturated rings. The molecule has 14 heavy (non-hydrogen) atoms. The third-order valence-corrected chi connectivity index (χ3v) is 1.85. The number of pyridine rings is 1. The van der Waals surface area contributed by atoms with Crippen molar-refractivity contribution in [1.29, 1.82) is 0 Å². The highest BCUT2D eigenvalue weighted by Gasteiger charge is 2.03. The van der Waals surface area contributed by atoms with Crippen molar-refractivity contribution in [1.82, 2.24) is 4.98 Å². The first-order valence-electron chi connectivity index (χ1n) is 4.71. The Labute approximate surface area is 82.3 Å². The molecule has 0 saturated carbocycles. The van der Waals surface area contributed by atoms with Gasteiger partial charge >= 0.3 is 0 Å². The molecule has 0 radical (unpaired) electrons. The number of amides is 1. The Morgan fingerprint density at radius 3 is 3.00 bits per heavy atom. The van der Waals surface area contributed by atoms with Gasteiger partial charge in [0.2, 0.25) is 5.91 Å². The van der Waals surface area contributed by atoms with E-state index in [2.05, 4.69) is 10.3 Å². The molecule has 1 aromatic heterocycles. The van der Waals surface area contributed by atoms with Crippen molar-refractivity contribution in [3.05, 3.63) is 28.7 Å². The van der Waals surface area contributed by atoms with Crippen LogP contribution in [0, 0.1) is 0 Å². The maximum atomic E-state index is 11.3. The van der Waals surface area contributed by atoms with Crippen LogP contribution in [0.5, 0.6) is 0 Å². The van der Waals surface area contributed by atoms with Crippen molar-refractivity contribution in [3.8, 4) is 0 Å². The van der Waals surface area contributed by atoms with Gasteiger partial charge in [-0.15, -0.1) is 0 Å². The second-order valence-corrected chi connectivity index (χ2v) is 3.06. The molecule has 0 aliphatic heterocycles. The van der Waals surface area contributed by atoms with Crippen molar-refractivity contribution in [2.45, 2.75) is 26.2 Å². The van der Waals surface area contributed by atoms with E-state index in [1.54, 1.807) is 12.1 Å². The highest BCUT2D eigenvalue weighted by Crippen LogP contribution is 2.00. The maximum Gasteiger partial charge on any atom is 0.271 e. The molecule has 0 atom stereocenters. The Kier molecular flexibility index (Phi) is 3.91. The fourth-order valence-corrected chi connectivity index (χ4v) is 1.07. The van der Waals surface area contributed by atoms with Crippen molar-refractivity contribution in [3.63, 3.8) is 0 Å². The molecule has 4 nitrogen and oxygen atoms in total. The molecule has 0 spiro atoms. The number of rotatable bonds is 4. The minimum atomic E-state index is -0.266. The Morgan fingerprint density at radius 2 is 2.36 bits per heavy atom. The van der Waals surface area contributed by atoms with Crippen LogP contribution in [0.2, 0.25) is 0 Å². The van der Waals surface area contributed by atoms with E-state index < -0.39 is 0 Å². The van der Waals surface area contributed by atoms with Gasteiger partial charge in [0.05, 0.1) is 0 Å². The molecule has 1 aromatic rings. The van der Waals surface area contributed by atoms with Crippen LogP contribution in [0.3, 0.4) is 0 Å². The number of H-pyrrole nitrogens is 1. The summed E-state index contributed by atoms with van der Waals surface area (Å²) in [5.41, 5.74) is 0.0472. The van der Waals surface area contributed by atoms with Gasteiger partial charge in [-0.2, -0.15) is 0 Å². The van der Waals surface area contributed by atoms with Crippen LogP contribution in [0.1, 0.15) is 26.2 Å². The Balaban J connectivity index is 2.56. The third-order valence-electron chi connectivity index (χ3n) is 1.85. The molecule has 0 saturated heterocycles. The first kappa shape index (κ1) is 10.5. The van der Waals surface area contributed by atoms with E-state index in [1.807, 2.05) is 6.92 Å². The molecule has 1 amide bonds. The van der Waals surface area contributed by atoms with E-state index in [1.165, 1.54) is 6.20 Å². The van der Waals surface area contributed by atoms with Crippen molar-refractivity contribution < 1.29 is 4.79 Å². The van der Waals surface area contributed by atoms with Gasteiger partial charge in [-0.25, -0.2) is 0 Å². The summed E-state index contributed by atoms with van der Waals surface area (Å²) in [5.74, 6) is -0.108. The van der Waals surface area contributed by atoms with Crippen LogP contribution in [0.15, 0.2) is 23.1 Å². The molecule has 1 rings (SSSR count). The van der Waals surface area contributed by atoms with Gasteiger partial charge in [-0.05, 0) is 18.6 Å². The summed E-state index contributed by atoms with van der Waals surface area (Å²) in [6, 6.07) is 3.26. The lowest BCUT2D eigenvalue weighted by atomic mass is 10.2. The monoisotopic (exact) mass is 194 g/mol. The minimum Gasteiger partial charge on any atom is -0.327 e. The molecular weight excluding hydrogens is 180 g/mol. The summed E-state index contributed by atoms with van der Waals surface area (Å²) in [4.78, 5) is 24.9. The Hall–Kier alpha value is -1.58. The number of unbranched alkanes of at least 4 members (excludes halogenated alkanes) is 1. The Morgan fingerprint density at radius 1 is 1.57 bits per heavy atom. The molecule has 0 aromatic carbocycles. The van der Waals surface area contributed by atoms with E-state index in [0.29, 0.717) is 12.1 Å². The van der Waals surface area contributed by atoms with Gasteiger partial charge in [-0.1, -0.05) is 13.3 Å². The highest BCUT2D eigenvalue weighted by atomic mass is 16.2. The Bertz CT molecular complexity index is 357. The van der Waals surface area contributed by atoms with Crippen molar-refractivity contribution in [2.75, 3.05) is 5.32 Å². The van der Waals surface area contributed by atoms with Crippen LogP contribution in [-0.4, -0.2) is 10.9 Å². The van der Waals surface area contributed by atoms with E-state index >= 15 is 0 Å². The predicted molar refractivity (Wildman–Crippen MR) is 55.2 cm³/mol. The molecule has 76 valence electrons. The van der Waals surface area contributed by atoms with E-state index in [0.717, 1.165) is 12.8 Å². The number of aromatic amines is 1. The molecule has 2 N–H and O–H groups in total. The number of aromatic nitrogens is 1. The lowest BCUT2D eigenvalue weighted by Crippen LogP contribution is -2.18. The quantitative estimate of drug-likeness (QED) is 0.763. The zero-order chi connectivity index (χ0) is 10.4. The van der Waals surface area contributed by atoms with Gasteiger partial charge in [0.25, 0.3) is 5.56 Å². The van der Waals surface area contributed by atoms with Gasteiger partial charge in [0.1, 0.15) is 5.69 Å². The molecular formula is C10H14N2O2. The fraction of sp³-hybridized carbons (Fsp3) is 0.400. The van der Waals surface area contributed by atoms with Gasteiger partial charge < -0.3 is 10.3 Å². The average molecular weight is 194 g/mol. The van der Waals surface area contributed by atoms with Crippen LogP contribution < -0.4 is 10.9 Å².